The van der Waals surface area contributed by atoms with E-state index < -0.39 is 27.2 Å². The third kappa shape index (κ3) is 5.35. The average Bonchev–Trinajstić information content (AvgIpc) is 3.05. The number of likely N-dealkylation sites (N-methyl/N-ethyl adjacent to an activating group) is 1. The van der Waals surface area contributed by atoms with Crippen molar-refractivity contribution in [1.82, 2.24) is 20.2 Å². The van der Waals surface area contributed by atoms with E-state index in [1.54, 1.807) is 12.1 Å². The molecule has 3 aromatic rings. The molecule has 11 heteroatoms. The predicted octanol–water partition coefficient (Wildman–Crippen LogP) is 1.64. The Morgan fingerprint density at radius 3 is 2.38 bits per heavy atom. The van der Waals surface area contributed by atoms with E-state index in [-0.39, 0.29) is 28.6 Å². The first-order valence-electron chi connectivity index (χ1n) is 9.76. The van der Waals surface area contributed by atoms with Crippen LogP contribution in [0.2, 0.25) is 0 Å². The number of fused-ring (bicyclic) bond motifs is 1. The summed E-state index contributed by atoms with van der Waals surface area (Å²) in [6.45, 7) is 5.31. The van der Waals surface area contributed by atoms with Crippen LogP contribution in [0.4, 0.5) is 5.69 Å². The van der Waals surface area contributed by atoms with Gasteiger partial charge in [-0.05, 0) is 51.1 Å². The lowest BCUT2D eigenvalue weighted by molar-refractivity contribution is -0.122. The number of sulfonamides is 1. The van der Waals surface area contributed by atoms with Crippen molar-refractivity contribution in [2.75, 3.05) is 18.3 Å². The van der Waals surface area contributed by atoms with Crippen molar-refractivity contribution in [2.24, 2.45) is 0 Å². The second-order valence-electron chi connectivity index (χ2n) is 8.40. The minimum absolute atomic E-state index is 0.0724. The van der Waals surface area contributed by atoms with Crippen LogP contribution in [0.25, 0.3) is 11.0 Å². The number of aromatic nitrogens is 2. The van der Waals surface area contributed by atoms with Gasteiger partial charge in [0.2, 0.25) is 5.91 Å². The molecule has 0 fully saturated rings. The molecular formula is C21H25N5O5S. The zero-order valence-corrected chi connectivity index (χ0v) is 19.0. The van der Waals surface area contributed by atoms with Gasteiger partial charge in [0.15, 0.2) is 0 Å². The first-order chi connectivity index (χ1) is 14.9. The van der Waals surface area contributed by atoms with Gasteiger partial charge < -0.3 is 20.2 Å². The molecule has 0 saturated carbocycles. The highest BCUT2D eigenvalue weighted by Gasteiger charge is 2.23. The topological polar surface area (TPSA) is 144 Å². The molecule has 1 aromatic heterocycles. The second-order valence-corrected chi connectivity index (χ2v) is 10.1. The van der Waals surface area contributed by atoms with Crippen LogP contribution in [0.5, 0.6) is 0 Å². The van der Waals surface area contributed by atoms with Crippen molar-refractivity contribution in [3.05, 3.63) is 58.5 Å². The largest absolute Gasteiger partial charge is 0.350 e. The van der Waals surface area contributed by atoms with E-state index in [9.17, 15) is 22.8 Å². The zero-order chi connectivity index (χ0) is 23.7. The maximum absolute atomic E-state index is 12.9. The summed E-state index contributed by atoms with van der Waals surface area (Å²) in [5, 5.41) is 2.77. The number of anilines is 1. The monoisotopic (exact) mass is 459 g/mol. The van der Waals surface area contributed by atoms with Crippen LogP contribution in [-0.4, -0.2) is 54.2 Å². The molecule has 1 heterocycles. The number of hydrogen-bond acceptors (Lipinski definition) is 5. The molecule has 2 aromatic carbocycles. The summed E-state index contributed by atoms with van der Waals surface area (Å²) in [5.41, 5.74) is 0.0873. The molecule has 10 nitrogen and oxygen atoms in total. The number of carbonyl (C=O) groups excluding carboxylic acids is 2. The Balaban J connectivity index is 1.84. The van der Waals surface area contributed by atoms with Gasteiger partial charge in [-0.1, -0.05) is 12.1 Å². The highest BCUT2D eigenvalue weighted by Crippen LogP contribution is 2.23. The van der Waals surface area contributed by atoms with Gasteiger partial charge in [0.25, 0.3) is 15.9 Å². The summed E-state index contributed by atoms with van der Waals surface area (Å²) < 4.78 is 28.3. The molecule has 0 atom stereocenters. The fourth-order valence-corrected chi connectivity index (χ4v) is 4.20. The normalized spacial score (nSPS) is 11.9. The molecule has 0 bridgehead atoms. The summed E-state index contributed by atoms with van der Waals surface area (Å²) in [4.78, 5) is 42.7. The van der Waals surface area contributed by atoms with Crippen LogP contribution in [0.3, 0.4) is 0 Å². The second kappa shape index (κ2) is 8.50. The Labute approximate surface area is 185 Å². The van der Waals surface area contributed by atoms with E-state index in [4.69, 9.17) is 0 Å². The Hall–Kier alpha value is -3.60. The van der Waals surface area contributed by atoms with Crippen LogP contribution in [0, 0.1) is 0 Å². The summed E-state index contributed by atoms with van der Waals surface area (Å²) in [5.74, 6) is -0.849. The Morgan fingerprint density at radius 2 is 1.69 bits per heavy atom. The number of nitrogens with one attached hydrogen (secondary N) is 4. The Bertz CT molecular complexity index is 1330. The van der Waals surface area contributed by atoms with Gasteiger partial charge in [0.05, 0.1) is 33.7 Å². The van der Waals surface area contributed by atoms with E-state index in [0.29, 0.717) is 11.0 Å². The molecule has 0 radical (unpaired) electrons. The summed E-state index contributed by atoms with van der Waals surface area (Å²) in [7, 11) is -2.60. The number of para-hydroxylation sites is 1. The van der Waals surface area contributed by atoms with Crippen LogP contribution in [-0.2, 0) is 14.8 Å². The average molecular weight is 460 g/mol. The fraction of sp³-hybridized carbons (Fsp3) is 0.286. The lowest BCUT2D eigenvalue weighted by atomic mass is 10.1. The molecule has 2 amide bonds. The SMILES string of the molecule is CN(CC(=O)NC(C)(C)C)C(=O)c1ccccc1NS(=O)(=O)c1ccc2[nH]c(=O)[nH]c2c1. The van der Waals surface area contributed by atoms with Gasteiger partial charge >= 0.3 is 5.69 Å². The first kappa shape index (κ1) is 23.1. The van der Waals surface area contributed by atoms with E-state index in [0.717, 1.165) is 0 Å². The zero-order valence-electron chi connectivity index (χ0n) is 18.1. The number of aromatic amines is 2. The molecule has 32 heavy (non-hydrogen) atoms. The van der Waals surface area contributed by atoms with E-state index in [1.807, 2.05) is 20.8 Å². The maximum Gasteiger partial charge on any atom is 0.323 e. The molecule has 4 N–H and O–H groups in total. The van der Waals surface area contributed by atoms with Crippen molar-refractivity contribution in [3.8, 4) is 0 Å². The first-order valence-corrected chi connectivity index (χ1v) is 11.2. The standard InChI is InChI=1S/C21H25N5O5S/c1-21(2,3)24-18(27)12-26(4)19(28)14-7-5-6-8-15(14)25-32(30,31)13-9-10-16-17(11-13)23-20(29)22-16/h5-11,25H,12H2,1-4H3,(H,24,27)(H2,22,23,29). The highest BCUT2D eigenvalue weighted by molar-refractivity contribution is 7.92. The predicted molar refractivity (Wildman–Crippen MR) is 121 cm³/mol. The minimum Gasteiger partial charge on any atom is -0.350 e. The third-order valence-electron chi connectivity index (χ3n) is 4.44. The number of rotatable bonds is 6. The molecule has 170 valence electrons. The quantitative estimate of drug-likeness (QED) is 0.443. The number of carbonyl (C=O) groups is 2. The van der Waals surface area contributed by atoms with Gasteiger partial charge in [0.1, 0.15) is 0 Å². The number of nitrogens with zero attached hydrogens (tertiary/aromatic N) is 1. The van der Waals surface area contributed by atoms with Crippen molar-refractivity contribution in [2.45, 2.75) is 31.2 Å². The van der Waals surface area contributed by atoms with Crippen molar-refractivity contribution >= 4 is 38.6 Å². The molecule has 0 aliphatic heterocycles. The molecule has 0 unspecified atom stereocenters. The van der Waals surface area contributed by atoms with E-state index in [1.165, 1.54) is 42.3 Å². The Morgan fingerprint density at radius 1 is 1.03 bits per heavy atom. The van der Waals surface area contributed by atoms with Crippen LogP contribution in [0.15, 0.2) is 52.2 Å². The molecule has 0 aliphatic rings. The van der Waals surface area contributed by atoms with Gasteiger partial charge in [0, 0.05) is 12.6 Å². The molecule has 0 aliphatic carbocycles. The van der Waals surface area contributed by atoms with Gasteiger partial charge in [-0.25, -0.2) is 13.2 Å². The molecule has 0 spiro atoms. The number of benzene rings is 2. The van der Waals surface area contributed by atoms with E-state index in [2.05, 4.69) is 20.0 Å². The summed E-state index contributed by atoms with van der Waals surface area (Å²) in [6, 6.07) is 10.3. The Kier molecular flexibility index (Phi) is 6.13. The summed E-state index contributed by atoms with van der Waals surface area (Å²) >= 11 is 0. The van der Waals surface area contributed by atoms with Gasteiger partial charge in [-0.2, -0.15) is 0 Å². The van der Waals surface area contributed by atoms with Crippen molar-refractivity contribution in [3.63, 3.8) is 0 Å². The number of imidazole rings is 1. The van der Waals surface area contributed by atoms with Crippen LogP contribution in [0.1, 0.15) is 31.1 Å². The number of hydrogen-bond donors (Lipinski definition) is 4. The molecule has 3 rings (SSSR count). The molecular weight excluding hydrogens is 434 g/mol. The van der Waals surface area contributed by atoms with Crippen LogP contribution < -0.4 is 15.7 Å². The highest BCUT2D eigenvalue weighted by atomic mass is 32.2. The summed E-state index contributed by atoms with van der Waals surface area (Å²) in [6.07, 6.45) is 0. The van der Waals surface area contributed by atoms with Crippen molar-refractivity contribution < 1.29 is 18.0 Å². The minimum atomic E-state index is -4.06. The van der Waals surface area contributed by atoms with Crippen molar-refractivity contribution in [1.29, 1.82) is 0 Å². The molecule has 0 saturated heterocycles. The van der Waals surface area contributed by atoms with Gasteiger partial charge in [-0.15, -0.1) is 0 Å². The van der Waals surface area contributed by atoms with Crippen LogP contribution >= 0.6 is 0 Å². The number of H-pyrrole nitrogens is 2. The maximum atomic E-state index is 12.9. The van der Waals surface area contributed by atoms with Gasteiger partial charge in [-0.3, -0.25) is 14.3 Å². The van der Waals surface area contributed by atoms with E-state index >= 15 is 0 Å². The fourth-order valence-electron chi connectivity index (χ4n) is 3.09. The lowest BCUT2D eigenvalue weighted by Crippen LogP contribution is -2.46. The lowest BCUT2D eigenvalue weighted by Gasteiger charge is -2.24. The smallest absolute Gasteiger partial charge is 0.323 e. The number of amides is 2. The third-order valence-corrected chi connectivity index (χ3v) is 5.80.